The fraction of sp³-hybridized carbons (Fsp3) is 0.429. The van der Waals surface area contributed by atoms with Crippen molar-refractivity contribution in [1.29, 1.82) is 0 Å². The minimum atomic E-state index is -0.436. The molecule has 1 unspecified atom stereocenters. The molecule has 1 fully saturated rings. The van der Waals surface area contributed by atoms with Crippen LogP contribution in [0.4, 0.5) is 0 Å². The Morgan fingerprint density at radius 1 is 1.43 bits per heavy atom. The maximum atomic E-state index is 11.8. The number of pyridine rings is 1. The maximum absolute atomic E-state index is 11.8. The molecule has 3 heterocycles. The second-order valence-corrected chi connectivity index (χ2v) is 4.78. The van der Waals surface area contributed by atoms with Crippen LogP contribution in [0.15, 0.2) is 22.9 Å². The van der Waals surface area contributed by atoms with E-state index in [4.69, 9.17) is 14.0 Å². The first-order valence-corrected chi connectivity index (χ1v) is 6.68. The van der Waals surface area contributed by atoms with Gasteiger partial charge in [0.05, 0.1) is 20.3 Å². The van der Waals surface area contributed by atoms with Crippen molar-refractivity contribution in [3.05, 3.63) is 35.6 Å². The smallest absolute Gasteiger partial charge is 0.239 e. The van der Waals surface area contributed by atoms with Crippen LogP contribution in [0.3, 0.4) is 0 Å². The number of Topliss-reactive ketones (excluding diaryl/α,β-unsaturated/α-hetero) is 1. The van der Waals surface area contributed by atoms with Crippen molar-refractivity contribution in [2.75, 3.05) is 20.3 Å². The van der Waals surface area contributed by atoms with Gasteiger partial charge in [-0.2, -0.15) is 4.98 Å². The number of carbonyl (C=O) groups excluding carboxylic acids is 1. The van der Waals surface area contributed by atoms with E-state index in [0.29, 0.717) is 43.7 Å². The minimum absolute atomic E-state index is 0.0857. The Kier molecular flexibility index (Phi) is 3.92. The maximum Gasteiger partial charge on any atom is 0.239 e. The monoisotopic (exact) mass is 289 g/mol. The molecular weight excluding hydrogens is 274 g/mol. The molecule has 0 bridgehead atoms. The Balaban J connectivity index is 1.70. The standard InChI is InChI=1S/C14H15N3O4/c1-19-13-3-2-9(7-15-13)6-12-16-14(21-17-12)10-8-20-5-4-11(10)18/h2-3,7,10H,4-6,8H2,1H3. The molecule has 0 aliphatic carbocycles. The van der Waals surface area contributed by atoms with Crippen LogP contribution in [-0.2, 0) is 16.0 Å². The molecule has 1 atom stereocenters. The van der Waals surface area contributed by atoms with Gasteiger partial charge >= 0.3 is 0 Å². The van der Waals surface area contributed by atoms with Gasteiger partial charge in [-0.05, 0) is 5.56 Å². The SMILES string of the molecule is COc1ccc(Cc2noc(C3COCCC3=O)n2)cn1. The zero-order valence-corrected chi connectivity index (χ0v) is 11.6. The molecule has 1 aliphatic heterocycles. The van der Waals surface area contributed by atoms with Gasteiger partial charge in [0.2, 0.25) is 11.8 Å². The van der Waals surface area contributed by atoms with Gasteiger partial charge in [0, 0.05) is 25.1 Å². The van der Waals surface area contributed by atoms with Crippen LogP contribution in [0.1, 0.15) is 29.6 Å². The summed E-state index contributed by atoms with van der Waals surface area (Å²) in [5, 5.41) is 3.91. The third-order valence-corrected chi connectivity index (χ3v) is 3.32. The topological polar surface area (TPSA) is 87.3 Å². The zero-order chi connectivity index (χ0) is 14.7. The molecular formula is C14H15N3O4. The molecule has 2 aromatic heterocycles. The quantitative estimate of drug-likeness (QED) is 0.833. The third kappa shape index (κ3) is 3.08. The summed E-state index contributed by atoms with van der Waals surface area (Å²) < 4.78 is 15.5. The average Bonchev–Trinajstić information content (AvgIpc) is 2.97. The molecule has 110 valence electrons. The molecule has 1 saturated heterocycles. The Hall–Kier alpha value is -2.28. The number of carbonyl (C=O) groups is 1. The van der Waals surface area contributed by atoms with Crippen molar-refractivity contribution in [3.8, 4) is 5.88 Å². The van der Waals surface area contributed by atoms with E-state index >= 15 is 0 Å². The van der Waals surface area contributed by atoms with Gasteiger partial charge in [-0.25, -0.2) is 4.98 Å². The fourth-order valence-electron chi connectivity index (χ4n) is 2.15. The second-order valence-electron chi connectivity index (χ2n) is 4.78. The fourth-order valence-corrected chi connectivity index (χ4v) is 2.15. The molecule has 0 spiro atoms. The van der Waals surface area contributed by atoms with Crippen LogP contribution in [0.5, 0.6) is 5.88 Å². The lowest BCUT2D eigenvalue weighted by atomic mass is 10.0. The number of hydrogen-bond acceptors (Lipinski definition) is 7. The predicted molar refractivity (Wildman–Crippen MR) is 71.1 cm³/mol. The summed E-state index contributed by atoms with van der Waals surface area (Å²) in [6.07, 6.45) is 2.58. The Bertz CT molecular complexity index is 623. The largest absolute Gasteiger partial charge is 0.481 e. The van der Waals surface area contributed by atoms with Crippen LogP contribution in [-0.4, -0.2) is 41.2 Å². The van der Waals surface area contributed by atoms with Crippen LogP contribution < -0.4 is 4.74 Å². The molecule has 3 rings (SSSR count). The highest BCUT2D eigenvalue weighted by Crippen LogP contribution is 2.21. The van der Waals surface area contributed by atoms with E-state index in [-0.39, 0.29) is 5.78 Å². The highest BCUT2D eigenvalue weighted by Gasteiger charge is 2.29. The molecule has 1 aliphatic rings. The summed E-state index contributed by atoms with van der Waals surface area (Å²) in [5.74, 6) is 1.06. The molecule has 0 amide bonds. The van der Waals surface area contributed by atoms with Gasteiger partial charge in [0.1, 0.15) is 11.7 Å². The lowest BCUT2D eigenvalue weighted by Gasteiger charge is -2.17. The van der Waals surface area contributed by atoms with Crippen LogP contribution in [0, 0.1) is 0 Å². The summed E-state index contributed by atoms with van der Waals surface area (Å²) in [6.45, 7) is 0.776. The van der Waals surface area contributed by atoms with Gasteiger partial charge in [-0.1, -0.05) is 11.2 Å². The van der Waals surface area contributed by atoms with Crippen LogP contribution in [0.25, 0.3) is 0 Å². The van der Waals surface area contributed by atoms with E-state index in [1.54, 1.807) is 19.4 Å². The summed E-state index contributed by atoms with van der Waals surface area (Å²) in [4.78, 5) is 20.2. The van der Waals surface area contributed by atoms with E-state index in [0.717, 1.165) is 5.56 Å². The van der Waals surface area contributed by atoms with Crippen molar-refractivity contribution in [3.63, 3.8) is 0 Å². The number of methoxy groups -OCH3 is 1. The molecule has 21 heavy (non-hydrogen) atoms. The summed E-state index contributed by atoms with van der Waals surface area (Å²) in [7, 11) is 1.57. The van der Waals surface area contributed by atoms with Gasteiger partial charge < -0.3 is 14.0 Å². The van der Waals surface area contributed by atoms with E-state index in [2.05, 4.69) is 15.1 Å². The van der Waals surface area contributed by atoms with Crippen molar-refractivity contribution < 1.29 is 18.8 Å². The van der Waals surface area contributed by atoms with Gasteiger partial charge in [0.25, 0.3) is 0 Å². The first-order chi connectivity index (χ1) is 10.3. The molecule has 0 aromatic carbocycles. The summed E-state index contributed by atoms with van der Waals surface area (Å²) >= 11 is 0. The molecule has 0 saturated carbocycles. The lowest BCUT2D eigenvalue weighted by Crippen LogP contribution is -2.25. The first kappa shape index (κ1) is 13.7. The molecule has 2 aromatic rings. The van der Waals surface area contributed by atoms with Crippen molar-refractivity contribution in [1.82, 2.24) is 15.1 Å². The van der Waals surface area contributed by atoms with E-state index in [9.17, 15) is 4.79 Å². The van der Waals surface area contributed by atoms with Crippen molar-refractivity contribution >= 4 is 5.78 Å². The van der Waals surface area contributed by atoms with E-state index in [1.807, 2.05) is 6.07 Å². The Morgan fingerprint density at radius 3 is 3.05 bits per heavy atom. The number of nitrogens with zero attached hydrogens (tertiary/aromatic N) is 3. The molecule has 7 nitrogen and oxygen atoms in total. The van der Waals surface area contributed by atoms with Crippen molar-refractivity contribution in [2.45, 2.75) is 18.8 Å². The highest BCUT2D eigenvalue weighted by atomic mass is 16.5. The zero-order valence-electron chi connectivity index (χ0n) is 11.6. The number of ketones is 1. The lowest BCUT2D eigenvalue weighted by molar-refractivity contribution is -0.127. The molecule has 7 heteroatoms. The van der Waals surface area contributed by atoms with Crippen LogP contribution >= 0.6 is 0 Å². The first-order valence-electron chi connectivity index (χ1n) is 6.68. The second kappa shape index (κ2) is 6.01. The minimum Gasteiger partial charge on any atom is -0.481 e. The summed E-state index contributed by atoms with van der Waals surface area (Å²) in [5.41, 5.74) is 0.939. The third-order valence-electron chi connectivity index (χ3n) is 3.32. The number of rotatable bonds is 4. The summed E-state index contributed by atoms with van der Waals surface area (Å²) in [6, 6.07) is 3.66. The van der Waals surface area contributed by atoms with Gasteiger partial charge in [-0.3, -0.25) is 4.79 Å². The molecule has 0 N–H and O–H groups in total. The molecule has 0 radical (unpaired) electrons. The average molecular weight is 289 g/mol. The Labute approximate surface area is 121 Å². The van der Waals surface area contributed by atoms with Gasteiger partial charge in [0.15, 0.2) is 5.82 Å². The normalized spacial score (nSPS) is 18.7. The predicted octanol–water partition coefficient (Wildman–Crippen LogP) is 1.14. The Morgan fingerprint density at radius 2 is 2.33 bits per heavy atom. The van der Waals surface area contributed by atoms with Crippen molar-refractivity contribution in [2.24, 2.45) is 0 Å². The van der Waals surface area contributed by atoms with Gasteiger partial charge in [-0.15, -0.1) is 0 Å². The number of ether oxygens (including phenoxy) is 2. The van der Waals surface area contributed by atoms with E-state index in [1.165, 1.54) is 0 Å². The van der Waals surface area contributed by atoms with Crippen LogP contribution in [0.2, 0.25) is 0 Å². The number of aromatic nitrogens is 3. The number of hydrogen-bond donors (Lipinski definition) is 0. The van der Waals surface area contributed by atoms with E-state index < -0.39 is 5.92 Å². The highest BCUT2D eigenvalue weighted by molar-refractivity contribution is 5.85.